The van der Waals surface area contributed by atoms with Crippen LogP contribution in [0.1, 0.15) is 85.6 Å². The van der Waals surface area contributed by atoms with Crippen LogP contribution in [0, 0.1) is 11.8 Å². The van der Waals surface area contributed by atoms with Gasteiger partial charge in [-0.1, -0.05) is 56.0 Å². The molecule has 1 aromatic carbocycles. The summed E-state index contributed by atoms with van der Waals surface area (Å²) in [6.07, 6.45) is 4.58. The average Bonchev–Trinajstić information content (AvgIpc) is 2.64. The Balaban J connectivity index is 2.52. The van der Waals surface area contributed by atoms with Crippen molar-refractivity contribution in [2.45, 2.75) is 97.7 Å². The van der Waals surface area contributed by atoms with E-state index in [-0.39, 0.29) is 0 Å². The third kappa shape index (κ3) is 11.9. The number of hydrogen-bond acceptors (Lipinski definition) is 5. The van der Waals surface area contributed by atoms with Crippen molar-refractivity contribution in [1.29, 1.82) is 0 Å². The van der Waals surface area contributed by atoms with Gasteiger partial charge in [-0.05, 0) is 66.4 Å². The van der Waals surface area contributed by atoms with Gasteiger partial charge in [0.15, 0.2) is 5.92 Å². The monoisotopic (exact) mass is 448 g/mol. The van der Waals surface area contributed by atoms with E-state index in [0.717, 1.165) is 24.8 Å². The van der Waals surface area contributed by atoms with Gasteiger partial charge in [-0.3, -0.25) is 14.4 Å². The van der Waals surface area contributed by atoms with E-state index in [0.29, 0.717) is 25.7 Å². The molecule has 0 amide bonds. The fraction of sp³-hybridized carbons (Fsp3) is 0.654. The number of carboxylic acids is 1. The van der Waals surface area contributed by atoms with Gasteiger partial charge < -0.3 is 14.6 Å². The first kappa shape index (κ1) is 27.7. The van der Waals surface area contributed by atoms with Crippen LogP contribution in [0.25, 0.3) is 0 Å². The van der Waals surface area contributed by atoms with Gasteiger partial charge >= 0.3 is 17.9 Å². The second kappa shape index (κ2) is 12.6. The molecule has 1 N–H and O–H groups in total. The molecule has 6 heteroatoms. The fourth-order valence-corrected chi connectivity index (χ4v) is 3.38. The molecule has 0 heterocycles. The summed E-state index contributed by atoms with van der Waals surface area (Å²) in [5, 5.41) is 9.52. The lowest BCUT2D eigenvalue weighted by Gasteiger charge is -2.26. The number of carboxylic acid groups (broad SMARTS) is 1. The Morgan fingerprint density at radius 2 is 1.25 bits per heavy atom. The minimum absolute atomic E-state index is 0.357. The molecule has 0 aliphatic heterocycles. The quantitative estimate of drug-likeness (QED) is 0.255. The molecule has 0 aliphatic rings. The highest BCUT2D eigenvalue weighted by Crippen LogP contribution is 2.22. The third-order valence-electron chi connectivity index (χ3n) is 4.85. The second-order valence-electron chi connectivity index (χ2n) is 10.3. The summed E-state index contributed by atoms with van der Waals surface area (Å²) >= 11 is 0. The van der Waals surface area contributed by atoms with Gasteiger partial charge in [0.1, 0.15) is 11.2 Å². The summed E-state index contributed by atoms with van der Waals surface area (Å²) in [5.41, 5.74) is -0.332. The Labute approximate surface area is 192 Å². The second-order valence-corrected chi connectivity index (χ2v) is 10.3. The Morgan fingerprint density at radius 1 is 0.781 bits per heavy atom. The fourth-order valence-electron chi connectivity index (χ4n) is 3.38. The summed E-state index contributed by atoms with van der Waals surface area (Å²) < 4.78 is 10.8. The van der Waals surface area contributed by atoms with Crippen LogP contribution >= 0.6 is 0 Å². The Hall–Kier alpha value is -2.37. The molecule has 32 heavy (non-hydrogen) atoms. The van der Waals surface area contributed by atoms with E-state index in [1.54, 1.807) is 41.5 Å². The standard InChI is InChI=1S/C26H40O6/c1-25(2,3)31-23(29)21(24(30)32-26(4,5)6)17-13-8-7-12-16-20(22(27)28)18-19-14-10-9-11-15-19/h9-11,14-15,20-21H,7-8,12-13,16-18H2,1-6H3,(H,27,28). The number of esters is 2. The summed E-state index contributed by atoms with van der Waals surface area (Å²) in [5.74, 6) is -3.24. The molecule has 0 fully saturated rings. The highest BCUT2D eigenvalue weighted by Gasteiger charge is 2.34. The largest absolute Gasteiger partial charge is 0.481 e. The molecular weight excluding hydrogens is 408 g/mol. The predicted octanol–water partition coefficient (Wildman–Crippen LogP) is 5.57. The smallest absolute Gasteiger partial charge is 0.320 e. The SMILES string of the molecule is CC(C)(C)OC(=O)C(CCCCCCC(Cc1ccccc1)C(=O)O)C(=O)OC(C)(C)C. The van der Waals surface area contributed by atoms with Crippen molar-refractivity contribution in [1.82, 2.24) is 0 Å². The van der Waals surface area contributed by atoms with Crippen LogP contribution in [-0.2, 0) is 30.3 Å². The first-order chi connectivity index (χ1) is 14.8. The molecule has 1 aromatic rings. The van der Waals surface area contributed by atoms with E-state index < -0.39 is 40.9 Å². The summed E-state index contributed by atoms with van der Waals surface area (Å²) in [6, 6.07) is 9.65. The van der Waals surface area contributed by atoms with E-state index >= 15 is 0 Å². The lowest BCUT2D eigenvalue weighted by Crippen LogP contribution is -2.36. The van der Waals surface area contributed by atoms with Crippen LogP contribution in [0.4, 0.5) is 0 Å². The lowest BCUT2D eigenvalue weighted by atomic mass is 9.93. The predicted molar refractivity (Wildman–Crippen MR) is 124 cm³/mol. The Bertz CT molecular complexity index is 699. The normalized spacial score (nSPS) is 13.0. The molecule has 0 saturated carbocycles. The minimum atomic E-state index is -0.946. The number of carbonyl (C=O) groups excluding carboxylic acids is 2. The first-order valence-electron chi connectivity index (χ1n) is 11.5. The number of unbranched alkanes of at least 4 members (excludes halogenated alkanes) is 3. The zero-order valence-corrected chi connectivity index (χ0v) is 20.5. The minimum Gasteiger partial charge on any atom is -0.481 e. The van der Waals surface area contributed by atoms with E-state index in [1.807, 2.05) is 30.3 Å². The van der Waals surface area contributed by atoms with Crippen LogP contribution in [0.3, 0.4) is 0 Å². The van der Waals surface area contributed by atoms with Crippen molar-refractivity contribution >= 4 is 17.9 Å². The maximum absolute atomic E-state index is 12.6. The summed E-state index contributed by atoms with van der Waals surface area (Å²) in [4.78, 5) is 36.7. The van der Waals surface area contributed by atoms with Gasteiger partial charge in [-0.25, -0.2) is 0 Å². The first-order valence-corrected chi connectivity index (χ1v) is 11.5. The molecule has 0 aromatic heterocycles. The molecule has 0 spiro atoms. The van der Waals surface area contributed by atoms with Gasteiger partial charge in [-0.2, -0.15) is 0 Å². The van der Waals surface area contributed by atoms with E-state index in [2.05, 4.69) is 0 Å². The number of benzene rings is 1. The van der Waals surface area contributed by atoms with Crippen molar-refractivity contribution in [2.24, 2.45) is 11.8 Å². The van der Waals surface area contributed by atoms with Crippen molar-refractivity contribution in [2.75, 3.05) is 0 Å². The van der Waals surface area contributed by atoms with Crippen LogP contribution in [0.5, 0.6) is 0 Å². The van der Waals surface area contributed by atoms with Gasteiger partial charge in [0, 0.05) is 0 Å². The summed E-state index contributed by atoms with van der Waals surface area (Å²) in [7, 11) is 0. The molecule has 0 saturated heterocycles. The summed E-state index contributed by atoms with van der Waals surface area (Å²) in [6.45, 7) is 10.6. The van der Waals surface area contributed by atoms with E-state index in [4.69, 9.17) is 9.47 Å². The zero-order valence-electron chi connectivity index (χ0n) is 20.5. The molecule has 6 nitrogen and oxygen atoms in total. The number of hydrogen-bond donors (Lipinski definition) is 1. The average molecular weight is 449 g/mol. The highest BCUT2D eigenvalue weighted by atomic mass is 16.6. The topological polar surface area (TPSA) is 89.9 Å². The van der Waals surface area contributed by atoms with Gasteiger partial charge in [0.25, 0.3) is 0 Å². The number of carbonyl (C=O) groups is 3. The third-order valence-corrected chi connectivity index (χ3v) is 4.85. The van der Waals surface area contributed by atoms with Gasteiger partial charge in [-0.15, -0.1) is 0 Å². The Kier molecular flexibility index (Phi) is 10.9. The van der Waals surface area contributed by atoms with Crippen molar-refractivity contribution in [3.8, 4) is 0 Å². The maximum Gasteiger partial charge on any atom is 0.320 e. The van der Waals surface area contributed by atoms with Crippen molar-refractivity contribution < 1.29 is 29.0 Å². The van der Waals surface area contributed by atoms with E-state index in [1.165, 1.54) is 0 Å². The lowest BCUT2D eigenvalue weighted by molar-refractivity contribution is -0.174. The van der Waals surface area contributed by atoms with Gasteiger partial charge in [0.05, 0.1) is 5.92 Å². The molecular formula is C26H40O6. The molecule has 1 unspecified atom stereocenters. The molecule has 1 rings (SSSR count). The number of ether oxygens (including phenoxy) is 2. The van der Waals surface area contributed by atoms with Crippen LogP contribution in [-0.4, -0.2) is 34.2 Å². The number of aliphatic carboxylic acids is 1. The van der Waals surface area contributed by atoms with Crippen LogP contribution in [0.2, 0.25) is 0 Å². The molecule has 0 aliphatic carbocycles. The Morgan fingerprint density at radius 3 is 1.69 bits per heavy atom. The van der Waals surface area contributed by atoms with Crippen LogP contribution in [0.15, 0.2) is 30.3 Å². The molecule has 1 atom stereocenters. The van der Waals surface area contributed by atoms with E-state index in [9.17, 15) is 19.5 Å². The zero-order chi connectivity index (χ0) is 24.4. The molecule has 0 bridgehead atoms. The number of rotatable bonds is 12. The molecule has 0 radical (unpaired) electrons. The maximum atomic E-state index is 12.6. The van der Waals surface area contributed by atoms with Crippen LogP contribution < -0.4 is 0 Å². The van der Waals surface area contributed by atoms with Crippen molar-refractivity contribution in [3.63, 3.8) is 0 Å². The van der Waals surface area contributed by atoms with Crippen molar-refractivity contribution in [3.05, 3.63) is 35.9 Å². The molecule has 180 valence electrons. The highest BCUT2D eigenvalue weighted by molar-refractivity contribution is 5.95. The van der Waals surface area contributed by atoms with Gasteiger partial charge in [0.2, 0.25) is 0 Å².